The van der Waals surface area contributed by atoms with E-state index in [0.29, 0.717) is 29.5 Å². The third-order valence-corrected chi connectivity index (χ3v) is 7.18. The van der Waals surface area contributed by atoms with Gasteiger partial charge in [-0.05, 0) is 50.8 Å². The molecule has 2 aromatic heterocycles. The molecule has 8 heteroatoms. The Bertz CT molecular complexity index is 1110. The second kappa shape index (κ2) is 11.1. The van der Waals surface area contributed by atoms with Gasteiger partial charge in [0.15, 0.2) is 0 Å². The van der Waals surface area contributed by atoms with E-state index in [-0.39, 0.29) is 18.1 Å². The van der Waals surface area contributed by atoms with Gasteiger partial charge in [-0.25, -0.2) is 4.98 Å². The standard InChI is InChI=1S/C26H32N4O3S/c1-16(2)24-15-29-26(34-24)20-10-19(11-22(12-20)33-9-7-21-6-5-8-32-21)25(31)30-18(4)23-14-27-17(3)13-28-23/h10-16,18,21H,5-9H2,1-4H3,(H,30,31)/t18-,21?/m1/s1. The molecule has 1 unspecified atom stereocenters. The molecule has 7 nitrogen and oxygen atoms in total. The van der Waals surface area contributed by atoms with Crippen molar-refractivity contribution in [1.29, 1.82) is 0 Å². The molecule has 1 N–H and O–H groups in total. The molecule has 1 fully saturated rings. The zero-order valence-corrected chi connectivity index (χ0v) is 21.0. The number of carbonyl (C=O) groups is 1. The fourth-order valence-corrected chi connectivity index (χ4v) is 4.69. The van der Waals surface area contributed by atoms with Crippen LogP contribution in [0.5, 0.6) is 5.75 Å². The van der Waals surface area contributed by atoms with Crippen LogP contribution in [-0.4, -0.2) is 40.2 Å². The summed E-state index contributed by atoms with van der Waals surface area (Å²) in [6, 6.07) is 5.35. The lowest BCUT2D eigenvalue weighted by molar-refractivity contribution is 0.0899. The van der Waals surface area contributed by atoms with Gasteiger partial charge in [0.05, 0.1) is 36.3 Å². The highest BCUT2D eigenvalue weighted by Crippen LogP contribution is 2.32. The first kappa shape index (κ1) is 24.3. The van der Waals surface area contributed by atoms with Crippen LogP contribution in [0.15, 0.2) is 36.8 Å². The number of benzene rings is 1. The van der Waals surface area contributed by atoms with Crippen molar-refractivity contribution in [3.05, 3.63) is 58.6 Å². The van der Waals surface area contributed by atoms with E-state index < -0.39 is 0 Å². The van der Waals surface area contributed by atoms with Crippen molar-refractivity contribution in [2.45, 2.75) is 65.0 Å². The second-order valence-electron chi connectivity index (χ2n) is 9.02. The quantitative estimate of drug-likeness (QED) is 0.437. The number of ether oxygens (including phenoxy) is 2. The topological polar surface area (TPSA) is 86.2 Å². The summed E-state index contributed by atoms with van der Waals surface area (Å²) in [6.45, 7) is 9.45. The Hall–Kier alpha value is -2.84. The molecule has 4 rings (SSSR count). The van der Waals surface area contributed by atoms with E-state index in [1.807, 2.05) is 32.2 Å². The van der Waals surface area contributed by atoms with Crippen LogP contribution in [0.25, 0.3) is 10.6 Å². The zero-order chi connectivity index (χ0) is 24.1. The number of rotatable bonds is 9. The van der Waals surface area contributed by atoms with Crippen molar-refractivity contribution < 1.29 is 14.3 Å². The van der Waals surface area contributed by atoms with Crippen LogP contribution in [0.4, 0.5) is 0 Å². The Morgan fingerprint density at radius 1 is 1.18 bits per heavy atom. The number of nitrogens with zero attached hydrogens (tertiary/aromatic N) is 3. The van der Waals surface area contributed by atoms with Crippen LogP contribution >= 0.6 is 11.3 Å². The van der Waals surface area contributed by atoms with Crippen LogP contribution in [0, 0.1) is 6.92 Å². The molecule has 0 bridgehead atoms. The third kappa shape index (κ3) is 6.18. The van der Waals surface area contributed by atoms with Crippen LogP contribution in [0.1, 0.15) is 78.6 Å². The van der Waals surface area contributed by atoms with E-state index in [1.54, 1.807) is 29.8 Å². The summed E-state index contributed by atoms with van der Waals surface area (Å²) in [7, 11) is 0. The average molecular weight is 481 g/mol. The maximum atomic E-state index is 13.2. The summed E-state index contributed by atoms with van der Waals surface area (Å²) >= 11 is 1.64. The Balaban J connectivity index is 1.54. The van der Waals surface area contributed by atoms with Gasteiger partial charge in [-0.1, -0.05) is 13.8 Å². The molecule has 1 amide bonds. The molecule has 1 aromatic carbocycles. The van der Waals surface area contributed by atoms with Gasteiger partial charge in [0.2, 0.25) is 0 Å². The predicted molar refractivity (Wildman–Crippen MR) is 133 cm³/mol. The van der Waals surface area contributed by atoms with Gasteiger partial charge < -0.3 is 14.8 Å². The SMILES string of the molecule is Cc1cnc([C@@H](C)NC(=O)c2cc(OCCC3CCCO3)cc(-c3ncc(C(C)C)s3)c2)cn1. The first-order chi connectivity index (χ1) is 16.4. The largest absolute Gasteiger partial charge is 0.493 e. The highest BCUT2D eigenvalue weighted by molar-refractivity contribution is 7.15. The molecule has 180 valence electrons. The number of carbonyl (C=O) groups excluding carboxylic acids is 1. The van der Waals surface area contributed by atoms with Gasteiger partial charge >= 0.3 is 0 Å². The molecule has 0 radical (unpaired) electrons. The lowest BCUT2D eigenvalue weighted by Crippen LogP contribution is -2.27. The summed E-state index contributed by atoms with van der Waals surface area (Å²) < 4.78 is 11.8. The number of nitrogens with one attached hydrogen (secondary N) is 1. The summed E-state index contributed by atoms with van der Waals surface area (Å²) in [4.78, 5) is 27.6. The minimum atomic E-state index is -0.277. The number of amides is 1. The van der Waals surface area contributed by atoms with Crippen molar-refractivity contribution in [2.24, 2.45) is 0 Å². The summed E-state index contributed by atoms with van der Waals surface area (Å²) in [5.41, 5.74) is 2.95. The van der Waals surface area contributed by atoms with Crippen molar-refractivity contribution in [2.75, 3.05) is 13.2 Å². The normalized spacial score (nSPS) is 16.6. The first-order valence-corrected chi connectivity index (χ1v) is 12.7. The number of aryl methyl sites for hydroxylation is 1. The molecule has 3 aromatic rings. The lowest BCUT2D eigenvalue weighted by atomic mass is 10.1. The average Bonchev–Trinajstić information content (AvgIpc) is 3.52. The summed E-state index contributed by atoms with van der Waals surface area (Å²) in [6.07, 6.45) is 8.59. The fraction of sp³-hybridized carbons (Fsp3) is 0.462. The van der Waals surface area contributed by atoms with Crippen molar-refractivity contribution in [3.8, 4) is 16.3 Å². The highest BCUT2D eigenvalue weighted by Gasteiger charge is 2.18. The molecule has 1 aliphatic rings. The monoisotopic (exact) mass is 480 g/mol. The zero-order valence-electron chi connectivity index (χ0n) is 20.2. The molecule has 0 spiro atoms. The molecule has 0 aliphatic carbocycles. The maximum Gasteiger partial charge on any atom is 0.251 e. The Morgan fingerprint density at radius 2 is 2.03 bits per heavy atom. The van der Waals surface area contributed by atoms with E-state index in [9.17, 15) is 4.79 Å². The number of aromatic nitrogens is 3. The summed E-state index contributed by atoms with van der Waals surface area (Å²) in [5, 5.41) is 3.90. The van der Waals surface area contributed by atoms with Crippen molar-refractivity contribution in [3.63, 3.8) is 0 Å². The van der Waals surface area contributed by atoms with Gasteiger partial charge in [0.25, 0.3) is 5.91 Å². The number of hydrogen-bond acceptors (Lipinski definition) is 7. The number of thiazole rings is 1. The van der Waals surface area contributed by atoms with Crippen LogP contribution < -0.4 is 10.1 Å². The molecular weight excluding hydrogens is 448 g/mol. The Kier molecular flexibility index (Phi) is 7.90. The molecule has 1 saturated heterocycles. The molecular formula is C26H32N4O3S. The number of hydrogen-bond donors (Lipinski definition) is 1. The van der Waals surface area contributed by atoms with Crippen LogP contribution in [-0.2, 0) is 4.74 Å². The van der Waals surface area contributed by atoms with Gasteiger partial charge in [0, 0.05) is 41.4 Å². The van der Waals surface area contributed by atoms with Gasteiger partial charge in [-0.2, -0.15) is 0 Å². The Morgan fingerprint density at radius 3 is 2.71 bits per heavy atom. The van der Waals surface area contributed by atoms with E-state index in [0.717, 1.165) is 42.1 Å². The molecule has 2 atom stereocenters. The van der Waals surface area contributed by atoms with Crippen LogP contribution in [0.2, 0.25) is 0 Å². The third-order valence-electron chi connectivity index (χ3n) is 5.83. The van der Waals surface area contributed by atoms with E-state index in [1.165, 1.54) is 4.88 Å². The van der Waals surface area contributed by atoms with Gasteiger partial charge in [-0.15, -0.1) is 11.3 Å². The second-order valence-corrected chi connectivity index (χ2v) is 10.1. The van der Waals surface area contributed by atoms with E-state index in [2.05, 4.69) is 34.1 Å². The van der Waals surface area contributed by atoms with Crippen molar-refractivity contribution in [1.82, 2.24) is 20.3 Å². The van der Waals surface area contributed by atoms with E-state index in [4.69, 9.17) is 9.47 Å². The molecule has 1 aliphatic heterocycles. The fourth-order valence-electron chi connectivity index (χ4n) is 3.78. The van der Waals surface area contributed by atoms with E-state index >= 15 is 0 Å². The minimum absolute atomic E-state index is 0.193. The summed E-state index contributed by atoms with van der Waals surface area (Å²) in [5.74, 6) is 0.863. The van der Waals surface area contributed by atoms with Crippen molar-refractivity contribution >= 4 is 17.2 Å². The maximum absolute atomic E-state index is 13.2. The lowest BCUT2D eigenvalue weighted by Gasteiger charge is -2.15. The smallest absolute Gasteiger partial charge is 0.251 e. The van der Waals surface area contributed by atoms with Gasteiger partial charge in [0.1, 0.15) is 10.8 Å². The molecule has 0 saturated carbocycles. The molecule has 3 heterocycles. The van der Waals surface area contributed by atoms with Crippen LogP contribution in [0.3, 0.4) is 0 Å². The van der Waals surface area contributed by atoms with Gasteiger partial charge in [-0.3, -0.25) is 14.8 Å². The Labute approximate surface area is 205 Å². The highest BCUT2D eigenvalue weighted by atomic mass is 32.1. The first-order valence-electron chi connectivity index (χ1n) is 11.8. The minimum Gasteiger partial charge on any atom is -0.493 e. The predicted octanol–water partition coefficient (Wildman–Crippen LogP) is 5.47. The molecule has 34 heavy (non-hydrogen) atoms.